The molecule has 0 unspecified atom stereocenters. The van der Waals surface area contributed by atoms with Crippen LogP contribution < -0.4 is 0 Å². The fourth-order valence-corrected chi connectivity index (χ4v) is 2.99. The molecule has 7 nitrogen and oxygen atoms in total. The monoisotopic (exact) mass is 460 g/mol. The van der Waals surface area contributed by atoms with Gasteiger partial charge in [0.25, 0.3) is 4.84 Å². The van der Waals surface area contributed by atoms with Crippen molar-refractivity contribution >= 4 is 41.1 Å². The Bertz CT molecular complexity index is 1130. The maximum absolute atomic E-state index is 13.3. The first-order valence-electron chi connectivity index (χ1n) is 10.4. The van der Waals surface area contributed by atoms with Gasteiger partial charge in [-0.2, -0.15) is 0 Å². The molecule has 0 saturated carbocycles. The number of hydrogen-bond acceptors (Lipinski definition) is 7. The number of aromatic nitrogens is 1. The minimum Gasteiger partial charge on any atom is -0.457 e. The van der Waals surface area contributed by atoms with Crippen molar-refractivity contribution in [3.8, 4) is 0 Å². The van der Waals surface area contributed by atoms with Gasteiger partial charge in [-0.15, -0.1) is 0 Å². The third-order valence-corrected chi connectivity index (χ3v) is 3.93. The van der Waals surface area contributed by atoms with Crippen LogP contribution in [-0.2, 0) is 19.1 Å². The van der Waals surface area contributed by atoms with Crippen LogP contribution in [0.2, 0.25) is 0 Å². The lowest BCUT2D eigenvalue weighted by Crippen LogP contribution is -2.32. The van der Waals surface area contributed by atoms with E-state index in [1.807, 2.05) is 32.9 Å². The molecule has 0 saturated heterocycles. The molecule has 1 aromatic carbocycles. The molecule has 1 heterocycles. The Balaban J connectivity index is 2.82. The SMILES string of the molecule is CC(C)(C)N=C(/C(=C/C(=O)OC(C)(C)C)C(=O)OC(C)(C)C)n1c(=S)oc2ccccc21. The van der Waals surface area contributed by atoms with E-state index in [0.29, 0.717) is 11.1 Å². The molecule has 0 spiro atoms. The Morgan fingerprint density at radius 1 is 0.969 bits per heavy atom. The van der Waals surface area contributed by atoms with Crippen molar-refractivity contribution in [3.63, 3.8) is 0 Å². The summed E-state index contributed by atoms with van der Waals surface area (Å²) in [5.41, 5.74) is -1.09. The predicted molar refractivity (Wildman–Crippen MR) is 127 cm³/mol. The molecule has 0 aliphatic rings. The summed E-state index contributed by atoms with van der Waals surface area (Å²) >= 11 is 5.46. The van der Waals surface area contributed by atoms with Gasteiger partial charge in [0.05, 0.1) is 11.1 Å². The number of ether oxygens (including phenoxy) is 2. The van der Waals surface area contributed by atoms with Crippen LogP contribution in [0.3, 0.4) is 0 Å². The second-order valence-corrected chi connectivity index (χ2v) is 10.7. The quantitative estimate of drug-likeness (QED) is 0.194. The maximum Gasteiger partial charge on any atom is 0.342 e. The van der Waals surface area contributed by atoms with E-state index in [0.717, 1.165) is 6.08 Å². The molecule has 8 heteroatoms. The molecule has 0 amide bonds. The Labute approximate surface area is 194 Å². The molecule has 0 bridgehead atoms. The summed E-state index contributed by atoms with van der Waals surface area (Å²) < 4.78 is 18.3. The van der Waals surface area contributed by atoms with Gasteiger partial charge in [0.1, 0.15) is 16.8 Å². The fraction of sp³-hybridized carbons (Fsp3) is 0.500. The first-order chi connectivity index (χ1) is 14.5. The first kappa shape index (κ1) is 25.5. The molecule has 0 N–H and O–H groups in total. The molecule has 174 valence electrons. The second kappa shape index (κ2) is 9.02. The zero-order chi connectivity index (χ0) is 24.5. The molecule has 2 aromatic rings. The van der Waals surface area contributed by atoms with Gasteiger partial charge in [0.15, 0.2) is 11.4 Å². The number of oxazole rings is 1. The minimum atomic E-state index is -0.795. The average Bonchev–Trinajstić information content (AvgIpc) is 2.89. The number of rotatable bonds is 3. The van der Waals surface area contributed by atoms with E-state index < -0.39 is 28.7 Å². The Morgan fingerprint density at radius 3 is 2.06 bits per heavy atom. The average molecular weight is 461 g/mol. The lowest BCUT2D eigenvalue weighted by atomic mass is 10.1. The van der Waals surface area contributed by atoms with E-state index in [1.54, 1.807) is 53.7 Å². The molecule has 0 fully saturated rings. The number of nitrogens with zero attached hydrogens (tertiary/aromatic N) is 2. The summed E-state index contributed by atoms with van der Waals surface area (Å²) in [5.74, 6) is -1.27. The standard InChI is InChI=1S/C24H32N2O5S/c1-22(2,3)25-19(26-16-12-10-11-13-17(16)29-21(26)32)15(20(28)31-24(7,8)9)14-18(27)30-23(4,5)6/h10-14H,1-9H3/b15-14-,25-19?. The number of esters is 2. The van der Waals surface area contributed by atoms with Gasteiger partial charge < -0.3 is 13.9 Å². The molecule has 0 radical (unpaired) electrons. The van der Waals surface area contributed by atoms with Gasteiger partial charge in [-0.05, 0) is 86.7 Å². The highest BCUT2D eigenvalue weighted by Crippen LogP contribution is 2.23. The smallest absolute Gasteiger partial charge is 0.342 e. The van der Waals surface area contributed by atoms with Crippen LogP contribution in [0.4, 0.5) is 0 Å². The van der Waals surface area contributed by atoms with Gasteiger partial charge in [0.2, 0.25) is 0 Å². The molecule has 1 aromatic heterocycles. The number of aliphatic imine (C=N–C) groups is 1. The van der Waals surface area contributed by atoms with Crippen molar-refractivity contribution in [3.05, 3.63) is 40.8 Å². The second-order valence-electron chi connectivity index (χ2n) is 10.4. The maximum atomic E-state index is 13.3. The number of fused-ring (bicyclic) bond motifs is 1. The summed E-state index contributed by atoms with van der Waals surface area (Å²) in [7, 11) is 0. The fourth-order valence-electron chi connectivity index (χ4n) is 2.71. The van der Waals surface area contributed by atoms with E-state index in [2.05, 4.69) is 0 Å². The highest BCUT2D eigenvalue weighted by atomic mass is 32.1. The number of hydrogen-bond donors (Lipinski definition) is 0. The number of benzene rings is 1. The summed E-state index contributed by atoms with van der Waals surface area (Å²) in [6.45, 7) is 16.1. The summed E-state index contributed by atoms with van der Waals surface area (Å²) in [5, 5.41) is 0. The molecule has 2 rings (SSSR count). The van der Waals surface area contributed by atoms with Crippen LogP contribution in [0.15, 0.2) is 45.3 Å². The van der Waals surface area contributed by atoms with Gasteiger partial charge in [-0.3, -0.25) is 9.56 Å². The van der Waals surface area contributed by atoms with E-state index >= 15 is 0 Å². The number of carbonyl (C=O) groups is 2. The van der Waals surface area contributed by atoms with Crippen molar-refractivity contribution in [2.45, 2.75) is 79.1 Å². The molecular formula is C24H32N2O5S. The normalized spacial score (nSPS) is 13.9. The van der Waals surface area contributed by atoms with Crippen LogP contribution in [-0.4, -0.2) is 39.1 Å². The molecule has 0 aliphatic heterocycles. The number of carbonyl (C=O) groups excluding carboxylic acids is 2. The van der Waals surface area contributed by atoms with Crippen LogP contribution in [0.1, 0.15) is 62.3 Å². The minimum absolute atomic E-state index is 0.0771. The molecule has 0 atom stereocenters. The van der Waals surface area contributed by atoms with E-state index in [1.165, 1.54) is 4.57 Å². The predicted octanol–water partition coefficient (Wildman–Crippen LogP) is 5.62. The van der Waals surface area contributed by atoms with Gasteiger partial charge in [-0.25, -0.2) is 9.59 Å². The van der Waals surface area contributed by atoms with Crippen LogP contribution >= 0.6 is 12.2 Å². The highest BCUT2D eigenvalue weighted by molar-refractivity contribution is 7.71. The van der Waals surface area contributed by atoms with Crippen molar-refractivity contribution in [2.24, 2.45) is 4.99 Å². The highest BCUT2D eigenvalue weighted by Gasteiger charge is 2.30. The first-order valence-corrected chi connectivity index (χ1v) is 10.8. The van der Waals surface area contributed by atoms with E-state index in [9.17, 15) is 9.59 Å². The Hall–Kier alpha value is -2.74. The van der Waals surface area contributed by atoms with Crippen LogP contribution in [0, 0.1) is 4.84 Å². The van der Waals surface area contributed by atoms with Crippen molar-refractivity contribution < 1.29 is 23.5 Å². The summed E-state index contributed by atoms with van der Waals surface area (Å²) in [6, 6.07) is 7.20. The third-order valence-electron chi connectivity index (χ3n) is 3.67. The largest absolute Gasteiger partial charge is 0.457 e. The molecular weight excluding hydrogens is 428 g/mol. The Kier molecular flexibility index (Phi) is 7.19. The van der Waals surface area contributed by atoms with Gasteiger partial charge in [0, 0.05) is 6.08 Å². The lowest BCUT2D eigenvalue weighted by molar-refractivity contribution is -0.152. The zero-order valence-electron chi connectivity index (χ0n) is 20.2. The molecule has 0 aliphatic carbocycles. The van der Waals surface area contributed by atoms with Crippen molar-refractivity contribution in [1.29, 1.82) is 0 Å². The third kappa shape index (κ3) is 7.15. The topological polar surface area (TPSA) is 83.0 Å². The zero-order valence-corrected chi connectivity index (χ0v) is 21.0. The lowest BCUT2D eigenvalue weighted by Gasteiger charge is -2.23. The summed E-state index contributed by atoms with van der Waals surface area (Å²) in [6.07, 6.45) is 1.10. The Morgan fingerprint density at radius 2 is 1.53 bits per heavy atom. The van der Waals surface area contributed by atoms with Crippen LogP contribution in [0.25, 0.3) is 11.1 Å². The van der Waals surface area contributed by atoms with Gasteiger partial charge >= 0.3 is 11.9 Å². The van der Waals surface area contributed by atoms with Crippen LogP contribution in [0.5, 0.6) is 0 Å². The van der Waals surface area contributed by atoms with E-state index in [-0.39, 0.29) is 16.2 Å². The van der Waals surface area contributed by atoms with Gasteiger partial charge in [-0.1, -0.05) is 12.1 Å². The number of para-hydroxylation sites is 2. The molecule has 32 heavy (non-hydrogen) atoms. The van der Waals surface area contributed by atoms with Crippen molar-refractivity contribution in [1.82, 2.24) is 4.57 Å². The van der Waals surface area contributed by atoms with E-state index in [4.69, 9.17) is 31.1 Å². The van der Waals surface area contributed by atoms with Crippen molar-refractivity contribution in [2.75, 3.05) is 0 Å². The summed E-state index contributed by atoms with van der Waals surface area (Å²) in [4.78, 5) is 30.8.